The summed E-state index contributed by atoms with van der Waals surface area (Å²) in [6.45, 7) is 1.73. The lowest BCUT2D eigenvalue weighted by Crippen LogP contribution is -3.00. The minimum atomic E-state index is -0.882. The van der Waals surface area contributed by atoms with Crippen LogP contribution in [-0.4, -0.2) is 23.2 Å². The molecule has 0 aliphatic carbocycles. The summed E-state index contributed by atoms with van der Waals surface area (Å²) in [6.07, 6.45) is 0. The lowest BCUT2D eigenvalue weighted by Gasteiger charge is -2.01. The van der Waals surface area contributed by atoms with Crippen molar-refractivity contribution in [2.75, 3.05) is 0 Å². The fourth-order valence-corrected chi connectivity index (χ4v) is 0.243. The Labute approximate surface area is 71.8 Å². The molecule has 4 nitrogen and oxygen atoms in total. The van der Waals surface area contributed by atoms with E-state index in [-0.39, 0.29) is 30.9 Å². The third-order valence-electron chi connectivity index (χ3n) is 1.00. The zero-order chi connectivity index (χ0) is 6.73. The molecular weight excluding hydrogens is 179 g/mol. The lowest BCUT2D eigenvalue weighted by molar-refractivity contribution is -0.513. The first kappa shape index (κ1) is 16.5. The number of halogens is 2. The molecule has 10 heavy (non-hydrogen) atoms. The molecule has 0 heterocycles. The van der Waals surface area contributed by atoms with Crippen LogP contribution in [0.2, 0.25) is 0 Å². The number of carboxylic acid groups (broad SMARTS) is 1. The van der Waals surface area contributed by atoms with E-state index < -0.39 is 12.0 Å². The summed E-state index contributed by atoms with van der Waals surface area (Å²) in [4.78, 5) is 10.0. The van der Waals surface area contributed by atoms with Crippen LogP contribution in [0.3, 0.4) is 0 Å². The lowest BCUT2D eigenvalue weighted by atomic mass is 10.2. The largest absolute Gasteiger partial charge is 1.00 e. The molecule has 64 valence electrons. The first-order chi connectivity index (χ1) is 3.55. The van der Waals surface area contributed by atoms with Crippen LogP contribution in [0.1, 0.15) is 6.92 Å². The van der Waals surface area contributed by atoms with E-state index in [1.165, 1.54) is 0 Å². The van der Waals surface area contributed by atoms with Crippen LogP contribution in [0.4, 0.5) is 0 Å². The molecule has 0 amide bonds. The maximum absolute atomic E-state index is 10.0. The molecule has 0 unspecified atom stereocenters. The molecule has 0 aromatic heterocycles. The highest BCUT2D eigenvalue weighted by Gasteiger charge is 2.22. The van der Waals surface area contributed by atoms with E-state index in [0.717, 1.165) is 0 Å². The molecule has 0 aliphatic rings. The Kier molecular flexibility index (Phi) is 11.7. The van der Waals surface area contributed by atoms with Crippen molar-refractivity contribution in [3.63, 3.8) is 0 Å². The summed E-state index contributed by atoms with van der Waals surface area (Å²) in [6, 6.07) is -0.692. The highest BCUT2D eigenvalue weighted by Crippen LogP contribution is 1.77. The van der Waals surface area contributed by atoms with Gasteiger partial charge < -0.3 is 41.4 Å². The number of hydrogen-bond donors (Lipinski definition) is 3. The summed E-state index contributed by atoms with van der Waals surface area (Å²) in [5.41, 5.74) is 6.89. The Bertz CT molecular complexity index is 99.3. The Balaban J connectivity index is -0.000000245. The molecule has 0 spiro atoms. The predicted molar refractivity (Wildman–Crippen MR) is 26.7 cm³/mol. The Hall–Kier alpha value is -0.0300. The van der Waals surface area contributed by atoms with Crippen molar-refractivity contribution in [1.82, 2.24) is 0 Å². The number of hydrogen-bond acceptors (Lipinski definition) is 1. The van der Waals surface area contributed by atoms with Gasteiger partial charge in [0.15, 0.2) is 0 Å². The van der Waals surface area contributed by atoms with Gasteiger partial charge in [-0.15, -0.1) is 0 Å². The topological polar surface area (TPSA) is 92.6 Å². The van der Waals surface area contributed by atoms with E-state index >= 15 is 0 Å². The number of carboxylic acids is 1. The van der Waals surface area contributed by atoms with Crippen molar-refractivity contribution in [2.45, 2.75) is 19.0 Å². The van der Waals surface area contributed by atoms with Crippen LogP contribution in [0.25, 0.3) is 0 Å². The van der Waals surface area contributed by atoms with E-state index in [9.17, 15) is 4.79 Å². The summed E-state index contributed by atoms with van der Waals surface area (Å²) >= 11 is 0. The van der Waals surface area contributed by atoms with Crippen molar-refractivity contribution >= 4 is 5.97 Å². The van der Waals surface area contributed by atoms with Gasteiger partial charge in [-0.1, -0.05) is 0 Å². The smallest absolute Gasteiger partial charge is 0.368 e. The summed E-state index contributed by atoms with van der Waals surface area (Å²) < 4.78 is 0. The minimum absolute atomic E-state index is 0. The fraction of sp³-hybridized carbons (Fsp3) is 0.750. The average molecular weight is 191 g/mol. The second kappa shape index (κ2) is 7.08. The standard InChI is InChI=1S/C4H10N2O2.2ClH/c1-2(5)3(6)4(7)8;;/h2-3H,5-6H2,1H3,(H,7,8);2*1H/t2-,3+;;/m1../s1. The Morgan fingerprint density at radius 1 is 1.40 bits per heavy atom. The number of carbonyl (C=O) groups is 1. The van der Waals surface area contributed by atoms with E-state index in [1.54, 1.807) is 6.92 Å². The third kappa shape index (κ3) is 6.10. The highest BCUT2D eigenvalue weighted by atomic mass is 35.5. The van der Waals surface area contributed by atoms with Crippen LogP contribution in [0, 0.1) is 0 Å². The fourth-order valence-electron chi connectivity index (χ4n) is 0.243. The van der Waals surface area contributed by atoms with Gasteiger partial charge in [-0.2, -0.15) is 0 Å². The quantitative estimate of drug-likeness (QED) is 0.404. The molecule has 0 aromatic rings. The van der Waals surface area contributed by atoms with Crippen molar-refractivity contribution in [2.24, 2.45) is 0 Å². The van der Waals surface area contributed by atoms with Crippen LogP contribution >= 0.6 is 0 Å². The molecule has 0 aromatic carbocycles. The molecule has 0 saturated carbocycles. The zero-order valence-corrected chi connectivity index (χ0v) is 7.19. The summed E-state index contributed by atoms with van der Waals surface area (Å²) in [5, 5.41) is 8.25. The molecule has 0 aliphatic heterocycles. The third-order valence-corrected chi connectivity index (χ3v) is 1.00. The predicted octanol–water partition coefficient (Wildman–Crippen LogP) is -8.68. The van der Waals surface area contributed by atoms with E-state index in [0.29, 0.717) is 0 Å². The van der Waals surface area contributed by atoms with Crippen molar-refractivity contribution < 1.29 is 46.2 Å². The molecule has 0 fully saturated rings. The molecule has 0 saturated heterocycles. The molecule has 0 rings (SSSR count). The van der Waals surface area contributed by atoms with Gasteiger partial charge in [-0.3, -0.25) is 0 Å². The summed E-state index contributed by atoms with van der Waals surface area (Å²) in [7, 11) is 0. The van der Waals surface area contributed by atoms with E-state index in [4.69, 9.17) is 5.11 Å². The second-order valence-electron chi connectivity index (χ2n) is 1.92. The minimum Gasteiger partial charge on any atom is -1.00 e. The summed E-state index contributed by atoms with van der Waals surface area (Å²) in [5.74, 6) is -0.882. The van der Waals surface area contributed by atoms with Gasteiger partial charge in [0.05, 0.1) is 0 Å². The number of rotatable bonds is 2. The van der Waals surface area contributed by atoms with Crippen LogP contribution in [0.5, 0.6) is 0 Å². The zero-order valence-electron chi connectivity index (χ0n) is 5.68. The molecular formula is C4H12Cl2N2O2. The monoisotopic (exact) mass is 190 g/mol. The maximum Gasteiger partial charge on any atom is 0.368 e. The van der Waals surface area contributed by atoms with Crippen LogP contribution in [0.15, 0.2) is 0 Å². The average Bonchev–Trinajstić information content (AvgIpc) is 1.64. The maximum atomic E-state index is 10.0. The first-order valence-corrected chi connectivity index (χ1v) is 2.44. The van der Waals surface area contributed by atoms with Gasteiger partial charge >= 0.3 is 5.97 Å². The van der Waals surface area contributed by atoms with Gasteiger partial charge in [-0.25, -0.2) is 4.79 Å². The number of aliphatic carboxylic acids is 1. The van der Waals surface area contributed by atoms with Crippen molar-refractivity contribution in [1.29, 1.82) is 0 Å². The van der Waals surface area contributed by atoms with Crippen molar-refractivity contribution in [3.8, 4) is 0 Å². The van der Waals surface area contributed by atoms with Crippen molar-refractivity contribution in [3.05, 3.63) is 0 Å². The van der Waals surface area contributed by atoms with Gasteiger partial charge in [-0.05, 0) is 6.92 Å². The second-order valence-corrected chi connectivity index (χ2v) is 1.92. The van der Waals surface area contributed by atoms with Gasteiger partial charge in [0.2, 0.25) is 6.04 Å². The van der Waals surface area contributed by atoms with Gasteiger partial charge in [0, 0.05) is 0 Å². The van der Waals surface area contributed by atoms with Crippen LogP contribution in [-0.2, 0) is 4.79 Å². The molecule has 2 atom stereocenters. The molecule has 0 bridgehead atoms. The van der Waals surface area contributed by atoms with Crippen LogP contribution < -0.4 is 36.3 Å². The van der Waals surface area contributed by atoms with Gasteiger partial charge in [0.25, 0.3) is 0 Å². The van der Waals surface area contributed by atoms with Gasteiger partial charge in [0.1, 0.15) is 6.04 Å². The van der Waals surface area contributed by atoms with E-state index in [2.05, 4.69) is 11.5 Å². The molecule has 7 N–H and O–H groups in total. The molecule has 6 heteroatoms. The number of quaternary nitrogens is 2. The first-order valence-electron chi connectivity index (χ1n) is 2.44. The SMILES string of the molecule is C[C@@H]([NH3+])[C@H]([NH3+])C(=O)O.[Cl-].[Cl-]. The Morgan fingerprint density at radius 3 is 1.70 bits per heavy atom. The highest BCUT2D eigenvalue weighted by molar-refractivity contribution is 5.72. The van der Waals surface area contributed by atoms with E-state index in [1.807, 2.05) is 0 Å². The molecule has 0 radical (unpaired) electrons. The normalized spacial score (nSPS) is 13.9. The Morgan fingerprint density at radius 2 is 1.70 bits per heavy atom.